The van der Waals surface area contributed by atoms with Gasteiger partial charge in [-0.1, -0.05) is 91.0 Å². The van der Waals surface area contributed by atoms with E-state index < -0.39 is 17.9 Å². The molecule has 36 heavy (non-hydrogen) atoms. The van der Waals surface area contributed by atoms with Gasteiger partial charge in [0, 0.05) is 0 Å². The van der Waals surface area contributed by atoms with E-state index in [0.717, 1.165) is 16.7 Å². The van der Waals surface area contributed by atoms with Crippen LogP contribution in [0.5, 0.6) is 0 Å². The van der Waals surface area contributed by atoms with E-state index >= 15 is 0 Å². The Hall–Kier alpha value is -4.71. The van der Waals surface area contributed by atoms with Crippen molar-refractivity contribution in [2.24, 2.45) is 0 Å². The van der Waals surface area contributed by atoms with Crippen LogP contribution in [0.1, 0.15) is 47.8 Å². The molecule has 180 valence electrons. The Morgan fingerprint density at radius 3 is 1.28 bits per heavy atom. The molecule has 6 nitrogen and oxygen atoms in total. The number of rotatable bonds is 9. The Morgan fingerprint density at radius 1 is 0.444 bits per heavy atom. The zero-order chi connectivity index (χ0) is 25.2. The fraction of sp³-hybridized carbons (Fsp3) is 0.100. The summed E-state index contributed by atoms with van der Waals surface area (Å²) in [5.74, 6) is -2.07. The van der Waals surface area contributed by atoms with Crippen molar-refractivity contribution in [1.82, 2.24) is 0 Å². The van der Waals surface area contributed by atoms with Crippen LogP contribution in [0, 0.1) is 0 Å². The third-order valence-corrected chi connectivity index (χ3v) is 5.33. The van der Waals surface area contributed by atoms with Gasteiger partial charge in [-0.3, -0.25) is 0 Å². The molecule has 4 rings (SSSR count). The predicted octanol–water partition coefficient (Wildman–Crippen LogP) is 5.76. The van der Waals surface area contributed by atoms with Crippen LogP contribution in [-0.4, -0.2) is 17.9 Å². The van der Waals surface area contributed by atoms with E-state index in [2.05, 4.69) is 0 Å². The van der Waals surface area contributed by atoms with Gasteiger partial charge in [-0.15, -0.1) is 0 Å². The Kier molecular flexibility index (Phi) is 8.22. The minimum absolute atomic E-state index is 0.00334. The van der Waals surface area contributed by atoms with Crippen LogP contribution in [-0.2, 0) is 34.0 Å². The van der Waals surface area contributed by atoms with E-state index in [-0.39, 0.29) is 36.5 Å². The molecule has 4 aromatic rings. The van der Waals surface area contributed by atoms with E-state index in [0.29, 0.717) is 0 Å². The summed E-state index contributed by atoms with van der Waals surface area (Å²) in [6.07, 6.45) is 0. The third kappa shape index (κ3) is 6.67. The molecule has 0 fully saturated rings. The Bertz CT molecular complexity index is 1320. The van der Waals surface area contributed by atoms with Crippen LogP contribution in [0.4, 0.5) is 0 Å². The van der Waals surface area contributed by atoms with Crippen LogP contribution in [0.15, 0.2) is 109 Å². The normalized spacial score (nSPS) is 10.3. The van der Waals surface area contributed by atoms with Gasteiger partial charge in [0.25, 0.3) is 0 Å². The molecule has 0 saturated heterocycles. The van der Waals surface area contributed by atoms with Crippen molar-refractivity contribution in [2.75, 3.05) is 0 Å². The number of carbonyl (C=O) groups is 3. The summed E-state index contributed by atoms with van der Waals surface area (Å²) in [5.41, 5.74) is 2.48. The third-order valence-electron chi connectivity index (χ3n) is 5.33. The first kappa shape index (κ1) is 24.4. The van der Waals surface area contributed by atoms with Gasteiger partial charge in [0.2, 0.25) is 0 Å². The first-order valence-electron chi connectivity index (χ1n) is 11.4. The smallest absolute Gasteiger partial charge is 0.339 e. The second-order valence-electron chi connectivity index (χ2n) is 7.95. The lowest BCUT2D eigenvalue weighted by atomic mass is 10.0. The van der Waals surface area contributed by atoms with Crippen LogP contribution in [0.3, 0.4) is 0 Å². The van der Waals surface area contributed by atoms with E-state index in [1.807, 2.05) is 91.0 Å². The zero-order valence-electron chi connectivity index (χ0n) is 19.5. The molecule has 0 radical (unpaired) electrons. The average molecular weight is 481 g/mol. The van der Waals surface area contributed by atoms with Crippen LogP contribution < -0.4 is 0 Å². The summed E-state index contributed by atoms with van der Waals surface area (Å²) < 4.78 is 16.2. The number of carbonyl (C=O) groups excluding carboxylic acids is 3. The zero-order valence-corrected chi connectivity index (χ0v) is 19.5. The summed E-state index contributed by atoms with van der Waals surface area (Å²) in [7, 11) is 0. The maximum atomic E-state index is 13.0. The van der Waals surface area contributed by atoms with Crippen molar-refractivity contribution >= 4 is 17.9 Å². The lowest BCUT2D eigenvalue weighted by molar-refractivity contribution is 0.0422. The minimum Gasteiger partial charge on any atom is -0.457 e. The topological polar surface area (TPSA) is 78.9 Å². The summed E-state index contributed by atoms with van der Waals surface area (Å²) in [6.45, 7) is 0.133. The van der Waals surface area contributed by atoms with E-state index in [1.165, 1.54) is 18.2 Å². The monoisotopic (exact) mass is 480 g/mol. The number of benzene rings is 4. The molecule has 6 heteroatoms. The predicted molar refractivity (Wildman–Crippen MR) is 133 cm³/mol. The molecule has 0 aromatic heterocycles. The van der Waals surface area contributed by atoms with Crippen molar-refractivity contribution in [3.8, 4) is 0 Å². The summed E-state index contributed by atoms with van der Waals surface area (Å²) in [5, 5.41) is 0. The highest BCUT2D eigenvalue weighted by atomic mass is 16.5. The maximum Gasteiger partial charge on any atom is 0.339 e. The summed E-state index contributed by atoms with van der Waals surface area (Å²) in [6, 6.07) is 31.7. The van der Waals surface area contributed by atoms with Crippen molar-refractivity contribution in [2.45, 2.75) is 19.8 Å². The van der Waals surface area contributed by atoms with Crippen molar-refractivity contribution in [1.29, 1.82) is 0 Å². The molecule has 0 aliphatic heterocycles. The molecule has 0 atom stereocenters. The quantitative estimate of drug-likeness (QED) is 0.224. The van der Waals surface area contributed by atoms with Gasteiger partial charge in [-0.25, -0.2) is 14.4 Å². The molecule has 0 heterocycles. The first-order valence-corrected chi connectivity index (χ1v) is 11.4. The fourth-order valence-corrected chi connectivity index (χ4v) is 3.43. The molecule has 0 unspecified atom stereocenters. The van der Waals surface area contributed by atoms with Crippen LogP contribution in [0.2, 0.25) is 0 Å². The first-order chi connectivity index (χ1) is 17.6. The highest BCUT2D eigenvalue weighted by Gasteiger charge is 2.22. The second-order valence-corrected chi connectivity index (χ2v) is 7.95. The average Bonchev–Trinajstić information content (AvgIpc) is 2.94. The Labute approximate surface area is 209 Å². The van der Waals surface area contributed by atoms with Gasteiger partial charge >= 0.3 is 17.9 Å². The highest BCUT2D eigenvalue weighted by Crippen LogP contribution is 2.18. The molecule has 0 spiro atoms. The van der Waals surface area contributed by atoms with E-state index in [9.17, 15) is 14.4 Å². The van der Waals surface area contributed by atoms with E-state index in [4.69, 9.17) is 14.2 Å². The Morgan fingerprint density at radius 2 is 0.833 bits per heavy atom. The number of esters is 3. The van der Waals surface area contributed by atoms with Gasteiger partial charge in [0.15, 0.2) is 0 Å². The van der Waals surface area contributed by atoms with Gasteiger partial charge in [-0.2, -0.15) is 0 Å². The van der Waals surface area contributed by atoms with Crippen molar-refractivity contribution in [3.05, 3.63) is 143 Å². The van der Waals surface area contributed by atoms with Crippen LogP contribution >= 0.6 is 0 Å². The van der Waals surface area contributed by atoms with E-state index in [1.54, 1.807) is 0 Å². The van der Waals surface area contributed by atoms with Gasteiger partial charge in [0.05, 0.1) is 16.7 Å². The molecule has 0 bridgehead atoms. The van der Waals surface area contributed by atoms with Crippen LogP contribution in [0.25, 0.3) is 0 Å². The SMILES string of the molecule is O=C(OCc1ccccc1)c1ccc(C(=O)OCc2ccccc2)c(C(=O)OCc2ccccc2)c1. The molecule has 4 aromatic carbocycles. The molecular weight excluding hydrogens is 456 g/mol. The van der Waals surface area contributed by atoms with Gasteiger partial charge in [-0.05, 0) is 34.9 Å². The fourth-order valence-electron chi connectivity index (χ4n) is 3.43. The second kappa shape index (κ2) is 12.1. The molecular formula is C30H24O6. The lowest BCUT2D eigenvalue weighted by Gasteiger charge is -2.12. The molecule has 0 aliphatic rings. The highest BCUT2D eigenvalue weighted by molar-refractivity contribution is 6.05. The molecule has 0 amide bonds. The molecule has 0 N–H and O–H groups in total. The maximum absolute atomic E-state index is 13.0. The molecule has 0 aliphatic carbocycles. The largest absolute Gasteiger partial charge is 0.457 e. The van der Waals surface area contributed by atoms with Crippen molar-refractivity contribution < 1.29 is 28.6 Å². The number of hydrogen-bond donors (Lipinski definition) is 0. The standard InChI is InChI=1S/C30H24O6/c31-28(34-19-22-10-4-1-5-11-22)25-16-17-26(29(32)35-20-23-12-6-2-7-13-23)27(18-25)30(33)36-21-24-14-8-3-9-15-24/h1-18H,19-21H2. The molecule has 0 saturated carbocycles. The van der Waals surface area contributed by atoms with Gasteiger partial charge < -0.3 is 14.2 Å². The Balaban J connectivity index is 1.52. The minimum atomic E-state index is -0.747. The van der Waals surface area contributed by atoms with Crippen molar-refractivity contribution in [3.63, 3.8) is 0 Å². The summed E-state index contributed by atoms with van der Waals surface area (Å²) in [4.78, 5) is 38.5. The lowest BCUT2D eigenvalue weighted by Crippen LogP contribution is -2.16. The van der Waals surface area contributed by atoms with Gasteiger partial charge in [0.1, 0.15) is 19.8 Å². The summed E-state index contributed by atoms with van der Waals surface area (Å²) >= 11 is 0. The number of hydrogen-bond acceptors (Lipinski definition) is 6. The number of ether oxygens (including phenoxy) is 3.